The third-order valence-corrected chi connectivity index (χ3v) is 7.75. The van der Waals surface area contributed by atoms with Crippen molar-refractivity contribution < 1.29 is 21.6 Å². The number of anilines is 2. The number of halogens is 3. The van der Waals surface area contributed by atoms with E-state index in [9.17, 15) is 21.6 Å². The summed E-state index contributed by atoms with van der Waals surface area (Å²) in [5.41, 5.74) is 3.44. The van der Waals surface area contributed by atoms with Gasteiger partial charge in [0.25, 0.3) is 16.4 Å². The molecule has 0 spiro atoms. The lowest BCUT2D eigenvalue weighted by molar-refractivity contribution is 0.121. The van der Waals surface area contributed by atoms with Crippen molar-refractivity contribution in [1.29, 1.82) is 0 Å². The molecule has 184 valence electrons. The number of hydrogen-bond donors (Lipinski definition) is 1. The van der Waals surface area contributed by atoms with Crippen LogP contribution in [0, 0.1) is 12.7 Å². The molecule has 34 heavy (non-hydrogen) atoms. The molecule has 1 saturated heterocycles. The summed E-state index contributed by atoms with van der Waals surface area (Å²) in [5.74, 6) is -0.692. The van der Waals surface area contributed by atoms with E-state index in [0.717, 1.165) is 13.0 Å². The Morgan fingerprint density at radius 3 is 2.85 bits per heavy atom. The Balaban J connectivity index is 1.43. The van der Waals surface area contributed by atoms with Gasteiger partial charge in [0.05, 0.1) is 11.2 Å². The minimum absolute atomic E-state index is 0.0804. The molecule has 0 bridgehead atoms. The molecule has 1 aliphatic rings. The molecule has 1 fully saturated rings. The molecule has 1 aliphatic heterocycles. The van der Waals surface area contributed by atoms with Gasteiger partial charge in [0, 0.05) is 50.0 Å². The number of hydrogen-bond acceptors (Lipinski definition) is 7. The fourth-order valence-corrected chi connectivity index (χ4v) is 5.82. The van der Waals surface area contributed by atoms with Gasteiger partial charge >= 0.3 is 0 Å². The van der Waals surface area contributed by atoms with Crippen LogP contribution in [-0.4, -0.2) is 60.7 Å². The van der Waals surface area contributed by atoms with Crippen molar-refractivity contribution in [1.82, 2.24) is 19.7 Å². The van der Waals surface area contributed by atoms with Crippen LogP contribution in [0.15, 0.2) is 40.2 Å². The monoisotopic (exact) mass is 514 g/mol. The highest BCUT2D eigenvalue weighted by Gasteiger charge is 2.29. The number of likely N-dealkylation sites (tertiary alicyclic amines) is 1. The summed E-state index contributed by atoms with van der Waals surface area (Å²) in [7, 11) is -2.25. The molecule has 0 amide bonds. The third-order valence-electron chi connectivity index (χ3n) is 5.79. The highest BCUT2D eigenvalue weighted by Crippen LogP contribution is 2.30. The largest absolute Gasteiger partial charge is 0.370 e. The van der Waals surface area contributed by atoms with Crippen molar-refractivity contribution in [2.24, 2.45) is 0 Å². The average molecular weight is 515 g/mol. The van der Waals surface area contributed by atoms with Crippen molar-refractivity contribution in [3.05, 3.63) is 52.4 Å². The topological polar surface area (TPSA) is 83.4 Å². The Morgan fingerprint density at radius 2 is 2.15 bits per heavy atom. The smallest absolute Gasteiger partial charge is 0.266 e. The zero-order valence-electron chi connectivity index (χ0n) is 18.7. The Kier molecular flexibility index (Phi) is 7.14. The first-order chi connectivity index (χ1) is 16.1. The number of nitrogens with one attached hydrogen (secondary N) is 1. The van der Waals surface area contributed by atoms with Gasteiger partial charge in [-0.25, -0.2) is 26.6 Å². The Morgan fingerprint density at radius 1 is 1.35 bits per heavy atom. The second-order valence-electron chi connectivity index (χ2n) is 8.26. The highest BCUT2D eigenvalue weighted by atomic mass is 32.2. The van der Waals surface area contributed by atoms with Gasteiger partial charge in [0.1, 0.15) is 17.3 Å². The fourth-order valence-electron chi connectivity index (χ4n) is 4.11. The van der Waals surface area contributed by atoms with Crippen LogP contribution in [0.4, 0.5) is 24.7 Å². The Bertz CT molecular complexity index is 1230. The number of benzene rings is 1. The number of aromatic nitrogens is 3. The molecule has 13 heteroatoms. The molecule has 1 N–H and O–H groups in total. The quantitative estimate of drug-likeness (QED) is 0.470. The van der Waals surface area contributed by atoms with Gasteiger partial charge in [-0.15, -0.1) is 11.3 Å². The maximum Gasteiger partial charge on any atom is 0.266 e. The van der Waals surface area contributed by atoms with Gasteiger partial charge in [0.15, 0.2) is 5.82 Å². The molecule has 3 aromatic rings. The van der Waals surface area contributed by atoms with Gasteiger partial charge in [-0.3, -0.25) is 14.3 Å². The summed E-state index contributed by atoms with van der Waals surface area (Å²) in [6.45, 7) is 3.32. The van der Waals surface area contributed by atoms with E-state index in [0.29, 0.717) is 30.0 Å². The van der Waals surface area contributed by atoms with Gasteiger partial charge in [-0.1, -0.05) is 0 Å². The summed E-state index contributed by atoms with van der Waals surface area (Å²) in [4.78, 5) is 7.58. The summed E-state index contributed by atoms with van der Waals surface area (Å²) < 4.78 is 68.8. The number of aryl methyl sites for hydroxylation is 1. The summed E-state index contributed by atoms with van der Waals surface area (Å²) in [5, 5.41) is 5.72. The van der Waals surface area contributed by atoms with E-state index in [1.807, 2.05) is 11.9 Å². The summed E-state index contributed by atoms with van der Waals surface area (Å²) in [6, 6.07) is 4.40. The number of sulfonamides is 1. The van der Waals surface area contributed by atoms with Crippen LogP contribution in [0.1, 0.15) is 17.7 Å². The lowest BCUT2D eigenvalue weighted by Gasteiger charge is -2.29. The van der Waals surface area contributed by atoms with Gasteiger partial charge < -0.3 is 4.90 Å². The van der Waals surface area contributed by atoms with E-state index in [2.05, 4.69) is 19.7 Å². The number of thiazole rings is 1. The van der Waals surface area contributed by atoms with Crippen LogP contribution in [0.3, 0.4) is 0 Å². The van der Waals surface area contributed by atoms with Crippen LogP contribution in [0.25, 0.3) is 0 Å². The molecule has 1 unspecified atom stereocenters. The van der Waals surface area contributed by atoms with Crippen molar-refractivity contribution >= 4 is 32.9 Å². The maximum atomic E-state index is 14.9. The maximum absolute atomic E-state index is 14.9. The molecule has 4 rings (SSSR count). The van der Waals surface area contributed by atoms with E-state index in [1.54, 1.807) is 19.2 Å². The second-order valence-corrected chi connectivity index (χ2v) is 10.6. The number of alkyl halides is 2. The molecule has 1 atom stereocenters. The third kappa shape index (κ3) is 5.53. The van der Waals surface area contributed by atoms with Crippen LogP contribution < -0.4 is 9.62 Å². The molecule has 0 saturated carbocycles. The average Bonchev–Trinajstić information content (AvgIpc) is 3.52. The van der Waals surface area contributed by atoms with Crippen molar-refractivity contribution in [3.8, 4) is 0 Å². The van der Waals surface area contributed by atoms with Gasteiger partial charge in [-0.2, -0.15) is 5.10 Å². The van der Waals surface area contributed by atoms with E-state index in [1.165, 1.54) is 39.0 Å². The molecule has 8 nitrogen and oxygen atoms in total. The summed E-state index contributed by atoms with van der Waals surface area (Å²) in [6.07, 6.45) is -0.0851. The Hall–Kier alpha value is -2.64. The van der Waals surface area contributed by atoms with Crippen LogP contribution >= 0.6 is 11.3 Å². The normalized spacial score (nSPS) is 16.9. The van der Waals surface area contributed by atoms with E-state index >= 15 is 0 Å². The number of rotatable bonds is 9. The molecule has 0 radical (unpaired) electrons. The minimum atomic E-state index is -4.11. The highest BCUT2D eigenvalue weighted by molar-refractivity contribution is 7.92. The van der Waals surface area contributed by atoms with Crippen molar-refractivity contribution in [2.45, 2.75) is 43.8 Å². The van der Waals surface area contributed by atoms with E-state index in [4.69, 9.17) is 0 Å². The SMILES string of the molecule is Cc1cc(S(=O)(=O)Nc2cscn2)c(F)cc1N(C)C1CCN(Cc2ccn(CC(F)F)n2)C1. The van der Waals surface area contributed by atoms with Crippen molar-refractivity contribution in [2.75, 3.05) is 29.8 Å². The predicted octanol–water partition coefficient (Wildman–Crippen LogP) is 3.56. The van der Waals surface area contributed by atoms with E-state index < -0.39 is 33.7 Å². The van der Waals surface area contributed by atoms with Crippen LogP contribution in [-0.2, 0) is 23.1 Å². The van der Waals surface area contributed by atoms with Gasteiger partial charge in [0.2, 0.25) is 0 Å². The molecular formula is C21H25F3N6O2S2. The zero-order valence-corrected chi connectivity index (χ0v) is 20.3. The fraction of sp³-hybridized carbons (Fsp3) is 0.429. The Labute approximate surface area is 200 Å². The molecule has 2 aromatic heterocycles. The molecule has 0 aliphatic carbocycles. The molecular weight excluding hydrogens is 489 g/mol. The number of nitrogens with zero attached hydrogens (tertiary/aromatic N) is 5. The van der Waals surface area contributed by atoms with Gasteiger partial charge in [-0.05, 0) is 37.1 Å². The second kappa shape index (κ2) is 9.92. The first-order valence-electron chi connectivity index (χ1n) is 10.6. The standard InChI is InChI=1S/C21H25F3N6O2S2/c1-14-7-19(34(31,32)27-21-12-33-13-25-21)17(22)8-18(14)28(2)16-4-5-29(10-16)9-15-3-6-30(26-15)11-20(23)24/h3,6-8,12-13,16,20,27H,4-5,9-11H2,1-2H3. The predicted molar refractivity (Wildman–Crippen MR) is 124 cm³/mol. The first kappa shape index (κ1) is 24.5. The zero-order chi connectivity index (χ0) is 24.5. The molecule has 1 aromatic carbocycles. The number of likely N-dealkylation sites (N-methyl/N-ethyl adjacent to an activating group) is 1. The van der Waals surface area contributed by atoms with Crippen molar-refractivity contribution in [3.63, 3.8) is 0 Å². The lowest BCUT2D eigenvalue weighted by Crippen LogP contribution is -2.35. The first-order valence-corrected chi connectivity index (χ1v) is 13.0. The minimum Gasteiger partial charge on any atom is -0.370 e. The molecule has 3 heterocycles. The van der Waals surface area contributed by atoms with Crippen LogP contribution in [0.2, 0.25) is 0 Å². The lowest BCUT2D eigenvalue weighted by atomic mass is 10.1. The van der Waals surface area contributed by atoms with Crippen LogP contribution in [0.5, 0.6) is 0 Å². The van der Waals surface area contributed by atoms with E-state index in [-0.39, 0.29) is 11.9 Å². The summed E-state index contributed by atoms with van der Waals surface area (Å²) >= 11 is 1.23.